The van der Waals surface area contributed by atoms with Crippen LogP contribution in [0.25, 0.3) is 11.3 Å². The lowest BCUT2D eigenvalue weighted by Gasteiger charge is -2.36. The fourth-order valence-corrected chi connectivity index (χ4v) is 4.73. The number of aromatic nitrogens is 2. The molecular formula is C27H28FN5O2. The smallest absolute Gasteiger partial charge is 0.228 e. The predicted octanol–water partition coefficient (Wildman–Crippen LogP) is 3.60. The van der Waals surface area contributed by atoms with Crippen LogP contribution in [0.2, 0.25) is 0 Å². The Morgan fingerprint density at radius 2 is 1.69 bits per heavy atom. The summed E-state index contributed by atoms with van der Waals surface area (Å²) in [6, 6.07) is 14.1. The lowest BCUT2D eigenvalue weighted by atomic mass is 10.1. The van der Waals surface area contributed by atoms with Crippen LogP contribution in [0.1, 0.15) is 17.5 Å². The van der Waals surface area contributed by atoms with Crippen molar-refractivity contribution in [1.82, 2.24) is 14.9 Å². The Hall–Kier alpha value is -3.81. The van der Waals surface area contributed by atoms with Gasteiger partial charge in [0, 0.05) is 56.5 Å². The summed E-state index contributed by atoms with van der Waals surface area (Å²) in [6.07, 6.45) is 1.76. The molecule has 2 saturated heterocycles. The number of hydrogen-bond acceptors (Lipinski definition) is 5. The summed E-state index contributed by atoms with van der Waals surface area (Å²) in [5.41, 5.74) is 4.72. The number of nitrogens with zero attached hydrogens (tertiary/aromatic N) is 5. The van der Waals surface area contributed by atoms with Crippen molar-refractivity contribution in [3.63, 3.8) is 0 Å². The van der Waals surface area contributed by atoms with E-state index in [4.69, 9.17) is 0 Å². The fraction of sp³-hybridized carbons (Fsp3) is 0.333. The van der Waals surface area contributed by atoms with Crippen LogP contribution in [0.5, 0.6) is 0 Å². The normalized spacial score (nSPS) is 18.3. The van der Waals surface area contributed by atoms with Gasteiger partial charge in [0.25, 0.3) is 0 Å². The molecule has 3 heterocycles. The Morgan fingerprint density at radius 1 is 0.943 bits per heavy atom. The minimum atomic E-state index is -0.320. The Kier molecular flexibility index (Phi) is 6.19. The third-order valence-electron chi connectivity index (χ3n) is 6.98. The number of rotatable bonds is 4. The molecule has 0 spiro atoms. The van der Waals surface area contributed by atoms with Gasteiger partial charge in [0.05, 0.1) is 11.6 Å². The van der Waals surface area contributed by atoms with Crippen LogP contribution in [0, 0.1) is 25.6 Å². The van der Waals surface area contributed by atoms with Crippen LogP contribution in [0.3, 0.4) is 0 Å². The highest BCUT2D eigenvalue weighted by molar-refractivity contribution is 6.00. The van der Waals surface area contributed by atoms with Crippen LogP contribution in [-0.4, -0.2) is 59.4 Å². The second-order valence-electron chi connectivity index (χ2n) is 9.25. The number of aryl methyl sites for hydroxylation is 2. The minimum Gasteiger partial charge on any atom is -0.353 e. The zero-order valence-corrected chi connectivity index (χ0v) is 19.9. The minimum absolute atomic E-state index is 0.000419. The molecule has 2 aromatic carbocycles. The molecule has 1 unspecified atom stereocenters. The molecule has 0 radical (unpaired) electrons. The summed E-state index contributed by atoms with van der Waals surface area (Å²) in [4.78, 5) is 40.4. The highest BCUT2D eigenvalue weighted by atomic mass is 19.1. The Bertz CT molecular complexity index is 1250. The van der Waals surface area contributed by atoms with E-state index in [0.717, 1.165) is 28.3 Å². The largest absolute Gasteiger partial charge is 0.353 e. The van der Waals surface area contributed by atoms with Crippen molar-refractivity contribution in [2.24, 2.45) is 5.92 Å². The number of amides is 2. The molecule has 7 nitrogen and oxygen atoms in total. The van der Waals surface area contributed by atoms with Gasteiger partial charge in [-0.05, 0) is 61.4 Å². The Morgan fingerprint density at radius 3 is 2.40 bits per heavy atom. The Balaban J connectivity index is 1.21. The number of halogens is 1. The predicted molar refractivity (Wildman–Crippen MR) is 133 cm³/mol. The van der Waals surface area contributed by atoms with E-state index >= 15 is 0 Å². The summed E-state index contributed by atoms with van der Waals surface area (Å²) in [6.45, 7) is 6.93. The summed E-state index contributed by atoms with van der Waals surface area (Å²) in [5, 5.41) is 0. The number of carbonyl (C=O) groups excluding carboxylic acids is 2. The molecule has 5 rings (SSSR count). The SMILES string of the molecule is Cc1ccc(N2CC(C(=O)N3CCN(c4cc(-c5ccc(F)cc5)ncn4)CC3)CC2=O)cc1C. The van der Waals surface area contributed by atoms with E-state index < -0.39 is 0 Å². The van der Waals surface area contributed by atoms with Gasteiger partial charge in [0.2, 0.25) is 11.8 Å². The molecule has 1 aromatic heterocycles. The van der Waals surface area contributed by atoms with Gasteiger partial charge >= 0.3 is 0 Å². The van der Waals surface area contributed by atoms with E-state index in [0.29, 0.717) is 32.7 Å². The maximum atomic E-state index is 13.3. The van der Waals surface area contributed by atoms with Crippen LogP contribution in [0.4, 0.5) is 15.9 Å². The molecule has 2 aliphatic rings. The summed E-state index contributed by atoms with van der Waals surface area (Å²) < 4.78 is 13.3. The number of hydrogen-bond donors (Lipinski definition) is 0. The quantitative estimate of drug-likeness (QED) is 0.579. The lowest BCUT2D eigenvalue weighted by Crippen LogP contribution is -2.51. The molecular weight excluding hydrogens is 445 g/mol. The van der Waals surface area contributed by atoms with E-state index in [9.17, 15) is 14.0 Å². The van der Waals surface area contributed by atoms with Gasteiger partial charge in [0.1, 0.15) is 18.0 Å². The molecule has 2 amide bonds. The van der Waals surface area contributed by atoms with Gasteiger partial charge in [-0.15, -0.1) is 0 Å². The molecule has 1 atom stereocenters. The summed E-state index contributed by atoms with van der Waals surface area (Å²) >= 11 is 0. The number of piperazine rings is 1. The molecule has 35 heavy (non-hydrogen) atoms. The molecule has 0 N–H and O–H groups in total. The number of anilines is 2. The molecule has 2 aliphatic heterocycles. The summed E-state index contributed by atoms with van der Waals surface area (Å²) in [7, 11) is 0. The van der Waals surface area contributed by atoms with E-state index in [-0.39, 0.29) is 30.0 Å². The third-order valence-corrected chi connectivity index (χ3v) is 6.98. The standard InChI is InChI=1S/C27H28FN5O2/c1-18-3-8-23(13-19(18)2)33-16-21(14-26(33)34)27(35)32-11-9-31(10-12-32)25-15-24(29-17-30-25)20-4-6-22(28)7-5-20/h3-8,13,15,17,21H,9-12,14,16H2,1-2H3. The monoisotopic (exact) mass is 473 g/mol. The third kappa shape index (κ3) is 4.73. The van der Waals surface area contributed by atoms with E-state index in [1.54, 1.807) is 17.0 Å². The first-order chi connectivity index (χ1) is 16.9. The maximum absolute atomic E-state index is 13.3. The van der Waals surface area contributed by atoms with E-state index in [1.807, 2.05) is 43.0 Å². The van der Waals surface area contributed by atoms with Crippen LogP contribution in [-0.2, 0) is 9.59 Å². The van der Waals surface area contributed by atoms with E-state index in [2.05, 4.69) is 14.9 Å². The van der Waals surface area contributed by atoms with E-state index in [1.165, 1.54) is 24.0 Å². The second kappa shape index (κ2) is 9.44. The molecule has 8 heteroatoms. The van der Waals surface area contributed by atoms with Crippen LogP contribution in [0.15, 0.2) is 54.9 Å². The van der Waals surface area contributed by atoms with Crippen LogP contribution >= 0.6 is 0 Å². The van der Waals surface area contributed by atoms with Crippen molar-refractivity contribution >= 4 is 23.3 Å². The van der Waals surface area contributed by atoms with Crippen LogP contribution < -0.4 is 9.80 Å². The van der Waals surface area contributed by atoms with Gasteiger partial charge < -0.3 is 14.7 Å². The summed E-state index contributed by atoms with van der Waals surface area (Å²) in [5.74, 6) is 0.214. The molecule has 0 aliphatic carbocycles. The van der Waals surface area contributed by atoms with Crippen molar-refractivity contribution in [2.45, 2.75) is 20.3 Å². The van der Waals surface area contributed by atoms with Gasteiger partial charge in [-0.3, -0.25) is 9.59 Å². The zero-order valence-electron chi connectivity index (χ0n) is 19.9. The van der Waals surface area contributed by atoms with Crippen molar-refractivity contribution in [2.75, 3.05) is 42.5 Å². The van der Waals surface area contributed by atoms with Gasteiger partial charge in [-0.2, -0.15) is 0 Å². The van der Waals surface area contributed by atoms with Gasteiger partial charge in [0.15, 0.2) is 0 Å². The van der Waals surface area contributed by atoms with Gasteiger partial charge in [-0.25, -0.2) is 14.4 Å². The Labute approximate surface area is 204 Å². The highest BCUT2D eigenvalue weighted by Gasteiger charge is 2.38. The molecule has 2 fully saturated rings. The average Bonchev–Trinajstić information content (AvgIpc) is 3.27. The average molecular weight is 474 g/mol. The topological polar surface area (TPSA) is 69.6 Å². The first-order valence-electron chi connectivity index (χ1n) is 11.9. The number of carbonyl (C=O) groups is 2. The fourth-order valence-electron chi connectivity index (χ4n) is 4.73. The van der Waals surface area contributed by atoms with Crippen molar-refractivity contribution in [3.05, 3.63) is 71.8 Å². The molecule has 0 bridgehead atoms. The van der Waals surface area contributed by atoms with Gasteiger partial charge in [-0.1, -0.05) is 6.07 Å². The maximum Gasteiger partial charge on any atom is 0.228 e. The van der Waals surface area contributed by atoms with Crippen molar-refractivity contribution in [3.8, 4) is 11.3 Å². The lowest BCUT2D eigenvalue weighted by molar-refractivity contribution is -0.136. The number of benzene rings is 2. The second-order valence-corrected chi connectivity index (χ2v) is 9.25. The molecule has 0 saturated carbocycles. The zero-order chi connectivity index (χ0) is 24.5. The highest BCUT2D eigenvalue weighted by Crippen LogP contribution is 2.29. The first-order valence-corrected chi connectivity index (χ1v) is 11.9. The molecule has 3 aromatic rings. The van der Waals surface area contributed by atoms with Crippen molar-refractivity contribution < 1.29 is 14.0 Å². The first kappa shape index (κ1) is 23.0. The molecule has 180 valence electrons. The van der Waals surface area contributed by atoms with Crippen molar-refractivity contribution in [1.29, 1.82) is 0 Å².